The molecule has 0 spiro atoms. The summed E-state index contributed by atoms with van der Waals surface area (Å²) < 4.78 is 0. The van der Waals surface area contributed by atoms with E-state index in [1.165, 1.54) is 24.8 Å². The molecule has 0 bridgehead atoms. The maximum atomic E-state index is 9.34. The first-order valence-electron chi connectivity index (χ1n) is 6.30. The van der Waals surface area contributed by atoms with Crippen LogP contribution in [0.1, 0.15) is 51.5 Å². The van der Waals surface area contributed by atoms with Gasteiger partial charge in [0.25, 0.3) is 0 Å². The Bertz CT molecular complexity index is 346. The third-order valence-electron chi connectivity index (χ3n) is 3.88. The Kier molecular flexibility index (Phi) is 2.96. The fraction of sp³-hybridized carbons (Fsp3) is 0.600. The fourth-order valence-corrected chi connectivity index (χ4v) is 2.55. The summed E-state index contributed by atoms with van der Waals surface area (Å²) in [6.07, 6.45) is 3.96. The topological polar surface area (TPSA) is 20.2 Å². The lowest BCUT2D eigenvalue weighted by molar-refractivity contribution is 0.367. The van der Waals surface area contributed by atoms with Crippen molar-refractivity contribution in [1.82, 2.24) is 0 Å². The van der Waals surface area contributed by atoms with Crippen LogP contribution in [0.3, 0.4) is 0 Å². The number of aromatic hydroxyl groups is 1. The molecule has 0 aromatic heterocycles. The molecule has 1 heteroatoms. The van der Waals surface area contributed by atoms with Crippen LogP contribution in [0.5, 0.6) is 5.75 Å². The Morgan fingerprint density at radius 3 is 2.19 bits per heavy atom. The molecule has 1 N–H and O–H groups in total. The molecular weight excluding hydrogens is 196 g/mol. The second-order valence-corrected chi connectivity index (χ2v) is 5.93. The van der Waals surface area contributed by atoms with E-state index in [0.717, 1.165) is 5.92 Å². The normalized spacial score (nSPS) is 19.8. The van der Waals surface area contributed by atoms with Crippen LogP contribution < -0.4 is 0 Å². The van der Waals surface area contributed by atoms with Crippen LogP contribution in [0.2, 0.25) is 0 Å². The van der Waals surface area contributed by atoms with Gasteiger partial charge in [0.05, 0.1) is 0 Å². The maximum absolute atomic E-state index is 9.34. The van der Waals surface area contributed by atoms with E-state index in [-0.39, 0.29) is 0 Å². The first kappa shape index (κ1) is 11.5. The number of rotatable bonds is 4. The van der Waals surface area contributed by atoms with Gasteiger partial charge in [-0.15, -0.1) is 0 Å². The number of hydrogen-bond acceptors (Lipinski definition) is 1. The average Bonchev–Trinajstić information content (AvgIpc) is 2.95. The summed E-state index contributed by atoms with van der Waals surface area (Å²) in [5, 5.41) is 9.34. The molecule has 0 saturated heterocycles. The quantitative estimate of drug-likeness (QED) is 0.798. The van der Waals surface area contributed by atoms with Gasteiger partial charge in [0.1, 0.15) is 5.75 Å². The second kappa shape index (κ2) is 4.12. The summed E-state index contributed by atoms with van der Waals surface area (Å²) in [5.74, 6) is 1.76. The fourth-order valence-electron chi connectivity index (χ4n) is 2.55. The Labute approximate surface area is 98.5 Å². The monoisotopic (exact) mass is 218 g/mol. The van der Waals surface area contributed by atoms with E-state index in [2.05, 4.69) is 32.9 Å². The lowest BCUT2D eigenvalue weighted by Crippen LogP contribution is -2.13. The van der Waals surface area contributed by atoms with Gasteiger partial charge in [-0.25, -0.2) is 0 Å². The predicted octanol–water partition coefficient (Wildman–Crippen LogP) is 4.32. The van der Waals surface area contributed by atoms with Gasteiger partial charge in [0.2, 0.25) is 0 Å². The molecule has 0 amide bonds. The zero-order chi connectivity index (χ0) is 11.8. The number of benzene rings is 1. The van der Waals surface area contributed by atoms with E-state index in [0.29, 0.717) is 17.1 Å². The summed E-state index contributed by atoms with van der Waals surface area (Å²) in [4.78, 5) is 0. The highest BCUT2D eigenvalue weighted by Crippen LogP contribution is 2.57. The zero-order valence-corrected chi connectivity index (χ0v) is 10.5. The Hall–Kier alpha value is -0.980. The molecule has 2 rings (SSSR count). The van der Waals surface area contributed by atoms with Crippen molar-refractivity contribution in [1.29, 1.82) is 0 Å². The third kappa shape index (κ3) is 2.40. The van der Waals surface area contributed by atoms with E-state index in [9.17, 15) is 5.11 Å². The van der Waals surface area contributed by atoms with Crippen LogP contribution >= 0.6 is 0 Å². The molecule has 1 atom stereocenters. The average molecular weight is 218 g/mol. The molecule has 1 aliphatic rings. The van der Waals surface area contributed by atoms with Crippen molar-refractivity contribution in [3.63, 3.8) is 0 Å². The van der Waals surface area contributed by atoms with Crippen LogP contribution in [0, 0.1) is 11.3 Å². The molecule has 16 heavy (non-hydrogen) atoms. The summed E-state index contributed by atoms with van der Waals surface area (Å²) in [6, 6.07) is 7.81. The molecule has 1 aliphatic carbocycles. The first-order valence-corrected chi connectivity index (χ1v) is 6.30. The number of hydrogen-bond donors (Lipinski definition) is 1. The second-order valence-electron chi connectivity index (χ2n) is 5.93. The molecule has 0 heterocycles. The molecule has 1 fully saturated rings. The van der Waals surface area contributed by atoms with Crippen LogP contribution in [-0.2, 0) is 0 Å². The van der Waals surface area contributed by atoms with Gasteiger partial charge in [0.15, 0.2) is 0 Å². The molecule has 1 nitrogen and oxygen atoms in total. The Morgan fingerprint density at radius 2 is 1.75 bits per heavy atom. The van der Waals surface area contributed by atoms with Crippen molar-refractivity contribution in [2.75, 3.05) is 0 Å². The van der Waals surface area contributed by atoms with Crippen LogP contribution in [-0.4, -0.2) is 5.11 Å². The molecule has 1 saturated carbocycles. The molecule has 0 radical (unpaired) electrons. The molecule has 1 aromatic carbocycles. The Balaban J connectivity index is 2.21. The molecule has 88 valence electrons. The maximum Gasteiger partial charge on any atom is 0.115 e. The smallest absolute Gasteiger partial charge is 0.115 e. The minimum absolute atomic E-state index is 0.369. The molecule has 0 aliphatic heterocycles. The zero-order valence-electron chi connectivity index (χ0n) is 10.5. The van der Waals surface area contributed by atoms with E-state index in [1.807, 2.05) is 12.1 Å². The van der Waals surface area contributed by atoms with Gasteiger partial charge >= 0.3 is 0 Å². The summed E-state index contributed by atoms with van der Waals surface area (Å²) in [6.45, 7) is 6.98. The number of phenols is 1. The van der Waals surface area contributed by atoms with Crippen LogP contribution in [0.4, 0.5) is 0 Å². The minimum atomic E-state index is 0.369. The highest BCUT2D eigenvalue weighted by Gasteiger charge is 2.45. The van der Waals surface area contributed by atoms with Gasteiger partial charge in [0, 0.05) is 0 Å². The van der Waals surface area contributed by atoms with Crippen LogP contribution in [0.25, 0.3) is 0 Å². The van der Waals surface area contributed by atoms with Gasteiger partial charge in [-0.05, 0) is 54.2 Å². The number of phenolic OH excluding ortho intramolecular Hbond substituents is 1. The van der Waals surface area contributed by atoms with Crippen molar-refractivity contribution in [2.45, 2.75) is 46.0 Å². The van der Waals surface area contributed by atoms with E-state index in [4.69, 9.17) is 0 Å². The molecule has 1 unspecified atom stereocenters. The lowest BCUT2D eigenvalue weighted by Gasteiger charge is -2.26. The Morgan fingerprint density at radius 1 is 1.19 bits per heavy atom. The van der Waals surface area contributed by atoms with Crippen molar-refractivity contribution >= 4 is 0 Å². The standard InChI is InChI=1S/C15H22O/c1-11(2)10-14(15(3)8-9-15)12-4-6-13(16)7-5-12/h4-7,11,14,16H,8-10H2,1-3H3. The van der Waals surface area contributed by atoms with E-state index in [1.54, 1.807) is 0 Å². The van der Waals surface area contributed by atoms with Crippen LogP contribution in [0.15, 0.2) is 24.3 Å². The molecular formula is C15H22O. The highest BCUT2D eigenvalue weighted by molar-refractivity contribution is 5.30. The van der Waals surface area contributed by atoms with Crippen molar-refractivity contribution < 1.29 is 5.11 Å². The SMILES string of the molecule is CC(C)CC(c1ccc(O)cc1)C1(C)CC1. The van der Waals surface area contributed by atoms with Gasteiger partial charge in [-0.3, -0.25) is 0 Å². The van der Waals surface area contributed by atoms with Gasteiger partial charge in [-0.2, -0.15) is 0 Å². The van der Waals surface area contributed by atoms with Gasteiger partial charge < -0.3 is 5.11 Å². The van der Waals surface area contributed by atoms with Crippen molar-refractivity contribution in [3.05, 3.63) is 29.8 Å². The predicted molar refractivity (Wildman–Crippen MR) is 67.6 cm³/mol. The largest absolute Gasteiger partial charge is 0.508 e. The van der Waals surface area contributed by atoms with Crippen molar-refractivity contribution in [2.24, 2.45) is 11.3 Å². The summed E-state index contributed by atoms with van der Waals surface area (Å²) >= 11 is 0. The summed E-state index contributed by atoms with van der Waals surface area (Å²) in [7, 11) is 0. The molecule has 1 aromatic rings. The highest BCUT2D eigenvalue weighted by atomic mass is 16.3. The van der Waals surface area contributed by atoms with E-state index < -0.39 is 0 Å². The van der Waals surface area contributed by atoms with Crippen molar-refractivity contribution in [3.8, 4) is 5.75 Å². The summed E-state index contributed by atoms with van der Waals surface area (Å²) in [5.41, 5.74) is 1.91. The lowest BCUT2D eigenvalue weighted by atomic mass is 9.79. The van der Waals surface area contributed by atoms with E-state index >= 15 is 0 Å². The van der Waals surface area contributed by atoms with Gasteiger partial charge in [-0.1, -0.05) is 32.9 Å². The first-order chi connectivity index (χ1) is 7.51. The third-order valence-corrected chi connectivity index (χ3v) is 3.88. The minimum Gasteiger partial charge on any atom is -0.508 e.